The van der Waals surface area contributed by atoms with Crippen LogP contribution in [0.15, 0.2) is 0 Å². The first-order valence-corrected chi connectivity index (χ1v) is 4.56. The van der Waals surface area contributed by atoms with E-state index in [4.69, 9.17) is 23.2 Å². The highest BCUT2D eigenvalue weighted by Crippen LogP contribution is 2.01. The van der Waals surface area contributed by atoms with Gasteiger partial charge in [-0.2, -0.15) is 4.21 Å². The van der Waals surface area contributed by atoms with E-state index in [1.807, 2.05) is 0 Å². The molecule has 0 aromatic heterocycles. The van der Waals surface area contributed by atoms with Crippen molar-refractivity contribution >= 4 is 34.6 Å². The smallest absolute Gasteiger partial charge is 0.272 e. The molecule has 0 amide bonds. The van der Waals surface area contributed by atoms with E-state index < -0.39 is 17.5 Å². The van der Waals surface area contributed by atoms with E-state index >= 15 is 0 Å². The van der Waals surface area contributed by atoms with E-state index in [2.05, 4.69) is 8.37 Å². The Morgan fingerprint density at radius 2 is 2.00 bits per heavy atom. The summed E-state index contributed by atoms with van der Waals surface area (Å²) in [5, 5.41) is 0. The second kappa shape index (κ2) is 6.37. The highest BCUT2D eigenvalue weighted by molar-refractivity contribution is 7.75. The topological polar surface area (TPSA) is 35.5 Å². The Morgan fingerprint density at radius 1 is 1.50 bits per heavy atom. The molecule has 0 aliphatic carbocycles. The van der Waals surface area contributed by atoms with Crippen LogP contribution < -0.4 is 0 Å². The maximum Gasteiger partial charge on any atom is 0.304 e. The lowest BCUT2D eigenvalue weighted by Crippen LogP contribution is -2.18. The zero-order chi connectivity index (χ0) is 7.98. The molecule has 0 aromatic carbocycles. The fraction of sp³-hybridized carbons (Fsp3) is 1.00. The summed E-state index contributed by atoms with van der Waals surface area (Å²) in [6.07, 6.45) is -0.413. The Bertz CT molecular complexity index is 107. The van der Waals surface area contributed by atoms with Crippen LogP contribution in [0.25, 0.3) is 0 Å². The van der Waals surface area contributed by atoms with Crippen molar-refractivity contribution < 1.29 is 12.6 Å². The molecule has 62 valence electrons. The average molecular weight is 207 g/mol. The predicted molar refractivity (Wildman–Crippen MR) is 41.5 cm³/mol. The van der Waals surface area contributed by atoms with Gasteiger partial charge in [-0.15, -0.1) is 23.2 Å². The predicted octanol–water partition coefficient (Wildman–Crippen LogP) is 1.07. The van der Waals surface area contributed by atoms with Gasteiger partial charge in [-0.1, -0.05) is 0 Å². The minimum atomic E-state index is -1.73. The molecular weight excluding hydrogens is 199 g/mol. The quantitative estimate of drug-likeness (QED) is 0.632. The molecule has 6 heteroatoms. The molecule has 0 fully saturated rings. The molecule has 0 saturated heterocycles. The standard InChI is InChI=1S/C4H8Cl2O3S/c1-8-10(7)9-4(2-5)3-6/h4H,2-3H2,1H3. The first kappa shape index (κ1) is 10.7. The summed E-state index contributed by atoms with van der Waals surface area (Å²) in [6, 6.07) is 0. The van der Waals surface area contributed by atoms with Crippen LogP contribution in [0.1, 0.15) is 0 Å². The maximum absolute atomic E-state index is 10.5. The molecule has 0 bridgehead atoms. The fourth-order valence-corrected chi connectivity index (χ4v) is 1.29. The minimum Gasteiger partial charge on any atom is -0.272 e. The lowest BCUT2D eigenvalue weighted by atomic mass is 10.5. The summed E-state index contributed by atoms with van der Waals surface area (Å²) in [4.78, 5) is 0. The number of alkyl halides is 2. The highest BCUT2D eigenvalue weighted by atomic mass is 35.5. The van der Waals surface area contributed by atoms with Crippen molar-refractivity contribution in [1.82, 2.24) is 0 Å². The second-order valence-electron chi connectivity index (χ2n) is 1.40. The van der Waals surface area contributed by atoms with Crippen molar-refractivity contribution in [1.29, 1.82) is 0 Å². The molecule has 3 nitrogen and oxygen atoms in total. The van der Waals surface area contributed by atoms with Crippen LogP contribution in [0.3, 0.4) is 0 Å². The van der Waals surface area contributed by atoms with Gasteiger partial charge in [0, 0.05) is 0 Å². The normalized spacial score (nSPS) is 14.0. The van der Waals surface area contributed by atoms with Crippen molar-refractivity contribution in [3.63, 3.8) is 0 Å². The second-order valence-corrected chi connectivity index (χ2v) is 2.95. The zero-order valence-electron chi connectivity index (χ0n) is 5.38. The number of hydrogen-bond donors (Lipinski definition) is 0. The maximum atomic E-state index is 10.5. The van der Waals surface area contributed by atoms with E-state index in [0.717, 1.165) is 0 Å². The monoisotopic (exact) mass is 206 g/mol. The van der Waals surface area contributed by atoms with Crippen LogP contribution in [0, 0.1) is 0 Å². The van der Waals surface area contributed by atoms with Gasteiger partial charge in [0.15, 0.2) is 0 Å². The van der Waals surface area contributed by atoms with Crippen molar-refractivity contribution in [3.05, 3.63) is 0 Å². The van der Waals surface area contributed by atoms with E-state index in [1.54, 1.807) is 0 Å². The SMILES string of the molecule is COS(=O)OC(CCl)CCl. The van der Waals surface area contributed by atoms with E-state index in [-0.39, 0.29) is 11.8 Å². The van der Waals surface area contributed by atoms with Crippen molar-refractivity contribution in [2.75, 3.05) is 18.9 Å². The van der Waals surface area contributed by atoms with E-state index in [1.165, 1.54) is 7.11 Å². The molecule has 0 radical (unpaired) electrons. The third-order valence-electron chi connectivity index (χ3n) is 0.695. The zero-order valence-corrected chi connectivity index (χ0v) is 7.71. The van der Waals surface area contributed by atoms with Crippen molar-refractivity contribution in [3.8, 4) is 0 Å². The summed E-state index contributed by atoms with van der Waals surface area (Å²) in [7, 11) is 1.27. The molecule has 0 aliphatic heterocycles. The van der Waals surface area contributed by atoms with Gasteiger partial charge in [0.1, 0.15) is 6.10 Å². The molecule has 0 aliphatic rings. The van der Waals surface area contributed by atoms with Crippen LogP contribution in [-0.2, 0) is 19.7 Å². The van der Waals surface area contributed by atoms with Crippen LogP contribution >= 0.6 is 23.2 Å². The largest absolute Gasteiger partial charge is 0.304 e. The lowest BCUT2D eigenvalue weighted by molar-refractivity contribution is 0.232. The van der Waals surface area contributed by atoms with Crippen molar-refractivity contribution in [2.45, 2.75) is 6.10 Å². The Kier molecular flexibility index (Phi) is 6.78. The Balaban J connectivity index is 3.52. The van der Waals surface area contributed by atoms with Gasteiger partial charge in [0.2, 0.25) is 0 Å². The molecule has 0 heterocycles. The number of rotatable bonds is 5. The third kappa shape index (κ3) is 4.46. The van der Waals surface area contributed by atoms with Gasteiger partial charge in [0.25, 0.3) is 0 Å². The van der Waals surface area contributed by atoms with Crippen LogP contribution in [0.2, 0.25) is 0 Å². The van der Waals surface area contributed by atoms with Crippen LogP contribution in [-0.4, -0.2) is 29.2 Å². The fourth-order valence-electron chi connectivity index (χ4n) is 0.243. The third-order valence-corrected chi connectivity index (χ3v) is 2.08. The number of halogens is 2. The van der Waals surface area contributed by atoms with Crippen molar-refractivity contribution in [2.24, 2.45) is 0 Å². The summed E-state index contributed by atoms with van der Waals surface area (Å²) in [6.45, 7) is 0. The van der Waals surface area contributed by atoms with Gasteiger partial charge in [-0.25, -0.2) is 0 Å². The highest BCUT2D eigenvalue weighted by Gasteiger charge is 2.09. The average Bonchev–Trinajstić information content (AvgIpc) is 1.99. The summed E-state index contributed by atoms with van der Waals surface area (Å²) < 4.78 is 19.5. The molecule has 1 atom stereocenters. The molecule has 0 aromatic rings. The molecule has 0 N–H and O–H groups in total. The first-order chi connectivity index (χ1) is 4.74. The summed E-state index contributed by atoms with van der Waals surface area (Å²) >= 11 is 9.01. The molecule has 0 spiro atoms. The minimum absolute atomic E-state index is 0.207. The Labute approximate surface area is 72.5 Å². The molecule has 10 heavy (non-hydrogen) atoms. The summed E-state index contributed by atoms with van der Waals surface area (Å²) in [5.74, 6) is 0.414. The van der Waals surface area contributed by atoms with Crippen LogP contribution in [0.5, 0.6) is 0 Å². The van der Waals surface area contributed by atoms with Gasteiger partial charge >= 0.3 is 11.4 Å². The Morgan fingerprint density at radius 3 is 2.30 bits per heavy atom. The van der Waals surface area contributed by atoms with Gasteiger partial charge in [-0.05, 0) is 0 Å². The van der Waals surface area contributed by atoms with Gasteiger partial charge in [-0.3, -0.25) is 8.37 Å². The molecule has 0 saturated carbocycles. The summed E-state index contributed by atoms with van der Waals surface area (Å²) in [5.41, 5.74) is 0. The van der Waals surface area contributed by atoms with Gasteiger partial charge < -0.3 is 0 Å². The molecular formula is C4H8Cl2O3S. The molecule has 0 rings (SSSR count). The van der Waals surface area contributed by atoms with Gasteiger partial charge in [0.05, 0.1) is 18.9 Å². The van der Waals surface area contributed by atoms with E-state index in [9.17, 15) is 4.21 Å². The first-order valence-electron chi connectivity index (χ1n) is 2.49. The van der Waals surface area contributed by atoms with Crippen LogP contribution in [0.4, 0.5) is 0 Å². The molecule has 1 unspecified atom stereocenters. The lowest BCUT2D eigenvalue weighted by Gasteiger charge is -2.07. The Hall–Kier alpha value is 0.650. The van der Waals surface area contributed by atoms with E-state index in [0.29, 0.717) is 0 Å². The number of hydrogen-bond acceptors (Lipinski definition) is 3.